The van der Waals surface area contributed by atoms with E-state index in [1.54, 1.807) is 0 Å². The van der Waals surface area contributed by atoms with Gasteiger partial charge in [0.1, 0.15) is 0 Å². The minimum absolute atomic E-state index is 0.125. The highest BCUT2D eigenvalue weighted by Crippen LogP contribution is 2.16. The van der Waals surface area contributed by atoms with Crippen molar-refractivity contribution in [2.45, 2.75) is 39.3 Å². The van der Waals surface area contributed by atoms with Crippen LogP contribution in [0.4, 0.5) is 0 Å². The van der Waals surface area contributed by atoms with Crippen LogP contribution in [0, 0.1) is 13.8 Å². The number of piperidine rings is 1. The molecule has 1 saturated heterocycles. The molecule has 2 nitrogen and oxygen atoms in total. The number of nitrogens with zero attached hydrogens (tertiary/aromatic N) is 1. The van der Waals surface area contributed by atoms with Crippen molar-refractivity contribution in [2.75, 3.05) is 13.1 Å². The van der Waals surface area contributed by atoms with Crippen LogP contribution in [0.1, 0.15) is 29.5 Å². The van der Waals surface area contributed by atoms with E-state index in [9.17, 15) is 5.11 Å². The third-order valence-electron chi connectivity index (χ3n) is 3.37. The summed E-state index contributed by atoms with van der Waals surface area (Å²) in [5, 5.41) is 9.63. The number of aryl methyl sites for hydroxylation is 2. The topological polar surface area (TPSA) is 23.5 Å². The van der Waals surface area contributed by atoms with E-state index in [0.717, 1.165) is 32.5 Å². The van der Waals surface area contributed by atoms with Crippen molar-refractivity contribution in [1.29, 1.82) is 0 Å². The van der Waals surface area contributed by atoms with Crippen LogP contribution in [0.15, 0.2) is 18.2 Å². The molecule has 0 spiro atoms. The lowest BCUT2D eigenvalue weighted by Gasteiger charge is -2.30. The lowest BCUT2D eigenvalue weighted by molar-refractivity contribution is 0.0667. The Labute approximate surface area is 97.9 Å². The minimum Gasteiger partial charge on any atom is -0.392 e. The lowest BCUT2D eigenvalue weighted by Crippen LogP contribution is -2.37. The molecular formula is C14H21NO. The summed E-state index contributed by atoms with van der Waals surface area (Å²) in [6, 6.07) is 6.62. The van der Waals surface area contributed by atoms with Gasteiger partial charge in [-0.15, -0.1) is 0 Å². The van der Waals surface area contributed by atoms with Gasteiger partial charge in [-0.05, 0) is 44.4 Å². The molecule has 1 N–H and O–H groups in total. The fraction of sp³-hybridized carbons (Fsp3) is 0.571. The van der Waals surface area contributed by atoms with E-state index in [4.69, 9.17) is 0 Å². The van der Waals surface area contributed by atoms with Crippen LogP contribution in [0.25, 0.3) is 0 Å². The van der Waals surface area contributed by atoms with Gasteiger partial charge in [0.2, 0.25) is 0 Å². The molecular weight excluding hydrogens is 198 g/mol. The smallest absolute Gasteiger partial charge is 0.0667 e. The van der Waals surface area contributed by atoms with Gasteiger partial charge in [0.05, 0.1) is 6.10 Å². The van der Waals surface area contributed by atoms with E-state index in [1.807, 2.05) is 0 Å². The zero-order valence-electron chi connectivity index (χ0n) is 10.2. The van der Waals surface area contributed by atoms with Crippen molar-refractivity contribution in [3.63, 3.8) is 0 Å². The van der Waals surface area contributed by atoms with Crippen molar-refractivity contribution in [3.05, 3.63) is 34.9 Å². The van der Waals surface area contributed by atoms with Crippen LogP contribution >= 0.6 is 0 Å². The number of hydrogen-bond acceptors (Lipinski definition) is 2. The van der Waals surface area contributed by atoms with E-state index < -0.39 is 0 Å². The lowest BCUT2D eigenvalue weighted by atomic mass is 10.0. The Hall–Kier alpha value is -0.860. The molecule has 0 saturated carbocycles. The first kappa shape index (κ1) is 11.6. The van der Waals surface area contributed by atoms with Gasteiger partial charge in [-0.25, -0.2) is 0 Å². The highest BCUT2D eigenvalue weighted by atomic mass is 16.3. The maximum Gasteiger partial charge on any atom is 0.0667 e. The third-order valence-corrected chi connectivity index (χ3v) is 3.37. The van der Waals surface area contributed by atoms with Gasteiger partial charge in [0, 0.05) is 13.1 Å². The van der Waals surface area contributed by atoms with E-state index in [2.05, 4.69) is 36.9 Å². The van der Waals surface area contributed by atoms with Crippen LogP contribution in [-0.4, -0.2) is 29.2 Å². The number of aliphatic hydroxyl groups excluding tert-OH is 1. The summed E-state index contributed by atoms with van der Waals surface area (Å²) >= 11 is 0. The SMILES string of the molecule is Cc1ccc(CN2CCC[C@H](O)C2)c(C)c1. The zero-order chi connectivity index (χ0) is 11.5. The van der Waals surface area contributed by atoms with Crippen molar-refractivity contribution in [1.82, 2.24) is 4.90 Å². The highest BCUT2D eigenvalue weighted by Gasteiger charge is 2.17. The number of β-amino-alcohol motifs (C(OH)–C–C–N with tert-alkyl or cyclic N) is 1. The fourth-order valence-electron chi connectivity index (χ4n) is 2.44. The number of hydrogen-bond donors (Lipinski definition) is 1. The molecule has 0 amide bonds. The maximum absolute atomic E-state index is 9.63. The summed E-state index contributed by atoms with van der Waals surface area (Å²) in [7, 11) is 0. The van der Waals surface area contributed by atoms with E-state index in [0.29, 0.717) is 0 Å². The van der Waals surface area contributed by atoms with E-state index in [-0.39, 0.29) is 6.10 Å². The Balaban J connectivity index is 2.02. The van der Waals surface area contributed by atoms with E-state index >= 15 is 0 Å². The Morgan fingerprint density at radius 3 is 2.88 bits per heavy atom. The van der Waals surface area contributed by atoms with Gasteiger partial charge in [-0.1, -0.05) is 23.8 Å². The number of likely N-dealkylation sites (tertiary alicyclic amines) is 1. The Morgan fingerprint density at radius 2 is 2.19 bits per heavy atom. The molecule has 2 heteroatoms. The third kappa shape index (κ3) is 2.83. The molecule has 0 bridgehead atoms. The predicted octanol–water partition coefficient (Wildman–Crippen LogP) is 2.26. The summed E-state index contributed by atoms with van der Waals surface area (Å²) in [5.74, 6) is 0. The Bertz CT molecular complexity index is 362. The van der Waals surface area contributed by atoms with Gasteiger partial charge in [0.25, 0.3) is 0 Å². The van der Waals surface area contributed by atoms with Crippen molar-refractivity contribution in [2.24, 2.45) is 0 Å². The van der Waals surface area contributed by atoms with Crippen molar-refractivity contribution >= 4 is 0 Å². The predicted molar refractivity (Wildman–Crippen MR) is 66.4 cm³/mol. The molecule has 1 aliphatic rings. The molecule has 88 valence electrons. The summed E-state index contributed by atoms with van der Waals surface area (Å²) in [4.78, 5) is 2.35. The minimum atomic E-state index is -0.125. The molecule has 1 fully saturated rings. The quantitative estimate of drug-likeness (QED) is 0.824. The monoisotopic (exact) mass is 219 g/mol. The average Bonchev–Trinajstić information content (AvgIpc) is 2.22. The summed E-state index contributed by atoms with van der Waals surface area (Å²) in [5.41, 5.74) is 4.07. The van der Waals surface area contributed by atoms with Gasteiger partial charge < -0.3 is 5.11 Å². The van der Waals surface area contributed by atoms with Crippen LogP contribution in [0.5, 0.6) is 0 Å². The molecule has 0 unspecified atom stereocenters. The summed E-state index contributed by atoms with van der Waals surface area (Å²) < 4.78 is 0. The molecule has 0 aromatic heterocycles. The van der Waals surface area contributed by atoms with Gasteiger partial charge in [0.15, 0.2) is 0 Å². The van der Waals surface area contributed by atoms with Crippen LogP contribution in [0.3, 0.4) is 0 Å². The van der Waals surface area contributed by atoms with Gasteiger partial charge in [-0.3, -0.25) is 4.90 Å². The van der Waals surface area contributed by atoms with Gasteiger partial charge in [-0.2, -0.15) is 0 Å². The molecule has 0 aliphatic carbocycles. The maximum atomic E-state index is 9.63. The highest BCUT2D eigenvalue weighted by molar-refractivity contribution is 5.30. The second-order valence-corrected chi connectivity index (χ2v) is 4.96. The Morgan fingerprint density at radius 1 is 1.38 bits per heavy atom. The van der Waals surface area contributed by atoms with Crippen LogP contribution < -0.4 is 0 Å². The summed E-state index contributed by atoms with van der Waals surface area (Å²) in [6.45, 7) is 7.21. The van der Waals surface area contributed by atoms with Gasteiger partial charge >= 0.3 is 0 Å². The van der Waals surface area contributed by atoms with Crippen LogP contribution in [0.2, 0.25) is 0 Å². The standard InChI is InChI=1S/C14H21NO/c1-11-5-6-13(12(2)8-11)9-15-7-3-4-14(16)10-15/h5-6,8,14,16H,3-4,7,9-10H2,1-2H3/t14-/m0/s1. The molecule has 1 aromatic carbocycles. The normalized spacial score (nSPS) is 22.3. The number of benzene rings is 1. The van der Waals surface area contributed by atoms with Crippen molar-refractivity contribution < 1.29 is 5.11 Å². The Kier molecular flexibility index (Phi) is 3.62. The molecule has 16 heavy (non-hydrogen) atoms. The van der Waals surface area contributed by atoms with Crippen molar-refractivity contribution in [3.8, 4) is 0 Å². The van der Waals surface area contributed by atoms with E-state index in [1.165, 1.54) is 16.7 Å². The molecule has 1 aliphatic heterocycles. The first-order valence-electron chi connectivity index (χ1n) is 6.11. The molecule has 1 heterocycles. The molecule has 1 atom stereocenters. The number of aliphatic hydroxyl groups is 1. The molecule has 1 aromatic rings. The first-order chi connectivity index (χ1) is 7.65. The summed E-state index contributed by atoms with van der Waals surface area (Å²) in [6.07, 6.45) is 1.95. The largest absolute Gasteiger partial charge is 0.392 e. The second kappa shape index (κ2) is 4.98. The van der Waals surface area contributed by atoms with Crippen LogP contribution in [-0.2, 0) is 6.54 Å². The molecule has 2 rings (SSSR count). The fourth-order valence-corrected chi connectivity index (χ4v) is 2.44. The zero-order valence-corrected chi connectivity index (χ0v) is 10.2. The number of rotatable bonds is 2. The first-order valence-corrected chi connectivity index (χ1v) is 6.11. The average molecular weight is 219 g/mol. The second-order valence-electron chi connectivity index (χ2n) is 4.96. The molecule has 0 radical (unpaired) electrons.